The lowest BCUT2D eigenvalue weighted by Gasteiger charge is -2.13. The molecule has 0 saturated carbocycles. The van der Waals surface area contributed by atoms with Crippen molar-refractivity contribution in [1.82, 2.24) is 24.8 Å². The second-order valence-corrected chi connectivity index (χ2v) is 3.23. The summed E-state index contributed by atoms with van der Waals surface area (Å²) in [4.78, 5) is 12.7. The van der Waals surface area contributed by atoms with Crippen LogP contribution in [-0.2, 0) is 7.05 Å². The number of nitrogens with zero attached hydrogens (tertiary/aromatic N) is 4. The van der Waals surface area contributed by atoms with Gasteiger partial charge in [-0.2, -0.15) is 0 Å². The van der Waals surface area contributed by atoms with Crippen LogP contribution in [0.25, 0.3) is 0 Å². The maximum Gasteiger partial charge on any atom is 0.152 e. The molecule has 2 aromatic heterocycles. The van der Waals surface area contributed by atoms with Crippen molar-refractivity contribution in [2.24, 2.45) is 7.05 Å². The quantitative estimate of drug-likeness (QED) is 0.790. The van der Waals surface area contributed by atoms with E-state index >= 15 is 0 Å². The van der Waals surface area contributed by atoms with E-state index in [1.54, 1.807) is 24.7 Å². The van der Waals surface area contributed by atoms with E-state index in [2.05, 4.69) is 20.3 Å². The number of rotatable bonds is 3. The van der Waals surface area contributed by atoms with E-state index in [-0.39, 0.29) is 6.04 Å². The number of aryl methyl sites for hydroxylation is 1. The summed E-state index contributed by atoms with van der Waals surface area (Å²) >= 11 is 0. The zero-order valence-corrected chi connectivity index (χ0v) is 8.75. The van der Waals surface area contributed by atoms with Crippen LogP contribution >= 0.6 is 0 Å². The first-order valence-corrected chi connectivity index (χ1v) is 4.74. The first-order valence-electron chi connectivity index (χ1n) is 4.74. The predicted octanol–water partition coefficient (Wildman–Crippen LogP) is 0.519. The Hall–Kier alpha value is -1.75. The molecule has 0 amide bonds. The molecule has 0 aliphatic rings. The Labute approximate surface area is 88.2 Å². The fourth-order valence-electron chi connectivity index (χ4n) is 1.49. The molecule has 2 aromatic rings. The van der Waals surface area contributed by atoms with Gasteiger partial charge < -0.3 is 9.88 Å². The molecular weight excluding hydrogens is 190 g/mol. The molecule has 0 aromatic carbocycles. The van der Waals surface area contributed by atoms with Gasteiger partial charge in [0, 0.05) is 31.8 Å². The summed E-state index contributed by atoms with van der Waals surface area (Å²) < 4.78 is 1.96. The van der Waals surface area contributed by atoms with Crippen molar-refractivity contribution in [3.05, 3.63) is 42.5 Å². The lowest BCUT2D eigenvalue weighted by atomic mass is 10.2. The van der Waals surface area contributed by atoms with Crippen LogP contribution in [0.3, 0.4) is 0 Å². The Morgan fingerprint density at radius 1 is 1.20 bits per heavy atom. The molecule has 5 heteroatoms. The first kappa shape index (κ1) is 9.79. The van der Waals surface area contributed by atoms with Gasteiger partial charge in [-0.05, 0) is 13.1 Å². The van der Waals surface area contributed by atoms with E-state index in [0.717, 1.165) is 11.6 Å². The van der Waals surface area contributed by atoms with Gasteiger partial charge in [-0.15, -0.1) is 0 Å². The lowest BCUT2D eigenvalue weighted by Crippen LogP contribution is -2.23. The van der Waals surface area contributed by atoms with Crippen molar-refractivity contribution in [3.8, 4) is 0 Å². The number of hydrogen-bond acceptors (Lipinski definition) is 4. The minimum absolute atomic E-state index is 0.0637. The molecule has 5 nitrogen and oxygen atoms in total. The maximum absolute atomic E-state index is 4.28. The summed E-state index contributed by atoms with van der Waals surface area (Å²) in [6, 6.07) is 1.74. The lowest BCUT2D eigenvalue weighted by molar-refractivity contribution is 0.585. The highest BCUT2D eigenvalue weighted by atomic mass is 15.1. The SMILES string of the molecule is CNC(c1ncccn1)c1nccn1C. The van der Waals surface area contributed by atoms with Crippen molar-refractivity contribution in [2.75, 3.05) is 7.05 Å². The van der Waals surface area contributed by atoms with Crippen molar-refractivity contribution in [2.45, 2.75) is 6.04 Å². The average molecular weight is 203 g/mol. The van der Waals surface area contributed by atoms with Crippen LogP contribution in [0, 0.1) is 0 Å². The molecule has 0 aliphatic carbocycles. The van der Waals surface area contributed by atoms with Crippen LogP contribution < -0.4 is 5.32 Å². The Bertz CT molecular complexity index is 422. The summed E-state index contributed by atoms with van der Waals surface area (Å²) in [5.74, 6) is 1.64. The second-order valence-electron chi connectivity index (χ2n) is 3.23. The van der Waals surface area contributed by atoms with E-state index in [1.807, 2.05) is 24.9 Å². The predicted molar refractivity (Wildman–Crippen MR) is 56.1 cm³/mol. The molecule has 0 fully saturated rings. The largest absolute Gasteiger partial charge is 0.336 e. The minimum atomic E-state index is -0.0637. The Kier molecular flexibility index (Phi) is 2.73. The number of aromatic nitrogens is 4. The van der Waals surface area contributed by atoms with Crippen molar-refractivity contribution < 1.29 is 0 Å². The third kappa shape index (κ3) is 1.87. The number of nitrogens with one attached hydrogen (secondary N) is 1. The third-order valence-corrected chi connectivity index (χ3v) is 2.25. The fourth-order valence-corrected chi connectivity index (χ4v) is 1.49. The zero-order valence-electron chi connectivity index (χ0n) is 8.75. The van der Waals surface area contributed by atoms with E-state index in [0.29, 0.717) is 0 Å². The molecule has 0 radical (unpaired) electrons. The number of hydrogen-bond donors (Lipinski definition) is 1. The van der Waals surface area contributed by atoms with Crippen molar-refractivity contribution in [3.63, 3.8) is 0 Å². The van der Waals surface area contributed by atoms with Crippen LogP contribution in [0.4, 0.5) is 0 Å². The Morgan fingerprint density at radius 3 is 2.47 bits per heavy atom. The van der Waals surface area contributed by atoms with Gasteiger partial charge in [0.2, 0.25) is 0 Å². The molecule has 78 valence electrons. The van der Waals surface area contributed by atoms with Crippen LogP contribution in [-0.4, -0.2) is 26.6 Å². The molecule has 2 heterocycles. The van der Waals surface area contributed by atoms with Crippen LogP contribution in [0.1, 0.15) is 17.7 Å². The van der Waals surface area contributed by atoms with Crippen LogP contribution in [0.15, 0.2) is 30.9 Å². The van der Waals surface area contributed by atoms with Gasteiger partial charge in [-0.1, -0.05) is 0 Å². The van der Waals surface area contributed by atoms with Crippen molar-refractivity contribution >= 4 is 0 Å². The van der Waals surface area contributed by atoms with Gasteiger partial charge in [0.05, 0.1) is 0 Å². The molecule has 0 spiro atoms. The second kappa shape index (κ2) is 4.18. The molecule has 1 atom stereocenters. The van der Waals surface area contributed by atoms with Gasteiger partial charge in [0.1, 0.15) is 11.9 Å². The molecule has 1 unspecified atom stereocenters. The monoisotopic (exact) mass is 203 g/mol. The first-order chi connectivity index (χ1) is 7.33. The molecular formula is C10H13N5. The summed E-state index contributed by atoms with van der Waals surface area (Å²) in [6.07, 6.45) is 7.14. The highest BCUT2D eigenvalue weighted by Gasteiger charge is 2.18. The van der Waals surface area contributed by atoms with Crippen molar-refractivity contribution in [1.29, 1.82) is 0 Å². The molecule has 1 N–H and O–H groups in total. The summed E-state index contributed by atoms with van der Waals surface area (Å²) in [6.45, 7) is 0. The minimum Gasteiger partial charge on any atom is -0.336 e. The summed E-state index contributed by atoms with van der Waals surface area (Å²) in [5.41, 5.74) is 0. The topological polar surface area (TPSA) is 55.6 Å². The molecule has 2 rings (SSSR count). The maximum atomic E-state index is 4.28. The van der Waals surface area contributed by atoms with Gasteiger partial charge >= 0.3 is 0 Å². The summed E-state index contributed by atoms with van der Waals surface area (Å²) in [7, 11) is 3.82. The highest BCUT2D eigenvalue weighted by Crippen LogP contribution is 2.14. The zero-order chi connectivity index (χ0) is 10.7. The highest BCUT2D eigenvalue weighted by molar-refractivity contribution is 5.10. The third-order valence-electron chi connectivity index (χ3n) is 2.25. The normalized spacial score (nSPS) is 12.7. The number of imidazole rings is 1. The van der Waals surface area contributed by atoms with E-state index in [1.165, 1.54) is 0 Å². The van der Waals surface area contributed by atoms with Gasteiger partial charge in [0.25, 0.3) is 0 Å². The van der Waals surface area contributed by atoms with Gasteiger partial charge in [0.15, 0.2) is 5.82 Å². The van der Waals surface area contributed by atoms with E-state index in [4.69, 9.17) is 0 Å². The van der Waals surface area contributed by atoms with Crippen LogP contribution in [0.5, 0.6) is 0 Å². The fraction of sp³-hybridized carbons (Fsp3) is 0.300. The van der Waals surface area contributed by atoms with Gasteiger partial charge in [-0.25, -0.2) is 15.0 Å². The molecule has 0 saturated heterocycles. The average Bonchev–Trinajstić information content (AvgIpc) is 2.68. The van der Waals surface area contributed by atoms with E-state index < -0.39 is 0 Å². The van der Waals surface area contributed by atoms with E-state index in [9.17, 15) is 0 Å². The van der Waals surface area contributed by atoms with Gasteiger partial charge in [-0.3, -0.25) is 0 Å². The van der Waals surface area contributed by atoms with Crippen LogP contribution in [0.2, 0.25) is 0 Å². The standard InChI is InChI=1S/C10H13N5/c1-11-8(9-12-4-3-5-13-9)10-14-6-7-15(10)2/h3-8,11H,1-2H3. The smallest absolute Gasteiger partial charge is 0.152 e. The molecule has 0 bridgehead atoms. The molecule has 0 aliphatic heterocycles. The molecule has 15 heavy (non-hydrogen) atoms. The Balaban J connectivity index is 2.37. The summed E-state index contributed by atoms with van der Waals surface area (Å²) in [5, 5.41) is 3.15. The Morgan fingerprint density at radius 2 is 1.93 bits per heavy atom.